The summed E-state index contributed by atoms with van der Waals surface area (Å²) in [6.07, 6.45) is -9.90. The highest BCUT2D eigenvalue weighted by atomic mass is 32.2. The minimum atomic E-state index is -4.88. The molecule has 0 radical (unpaired) electrons. The van der Waals surface area contributed by atoms with Gasteiger partial charge in [0.2, 0.25) is 0 Å². The SMILES string of the molecule is CCS(=O)(=O)c1ccccc1OC(=O)CCCNC(=O)c1ccc(N2C[C@@H](Oc3ccc(C(F)(F)F)cc3)C[C@H]2COC(F)(F)F)cc1. The van der Waals surface area contributed by atoms with Gasteiger partial charge < -0.3 is 19.7 Å². The third-order valence-electron chi connectivity index (χ3n) is 7.39. The van der Waals surface area contributed by atoms with Crippen LogP contribution < -0.4 is 19.7 Å². The lowest BCUT2D eigenvalue weighted by Gasteiger charge is -2.26. The molecule has 1 amide bonds. The lowest BCUT2D eigenvalue weighted by atomic mass is 10.1. The number of amides is 1. The van der Waals surface area contributed by atoms with Crippen LogP contribution in [-0.2, 0) is 25.5 Å². The minimum absolute atomic E-state index is 0.0730. The standard InChI is InChI=1S/C32H32F6N2O7S/c1-2-48(43,44)28-7-4-3-6-27(28)47-29(41)8-5-17-39-30(42)21-9-13-23(14-10-21)40-19-26(18-24(40)20-45-32(36,37)38)46-25-15-11-22(12-16-25)31(33,34)35/h3-4,6-7,9-16,24,26H,2,5,8,17-20H2,1H3,(H,39,42)/t24-,26-/m0/s1. The van der Waals surface area contributed by atoms with Gasteiger partial charge in [0.1, 0.15) is 22.5 Å². The number of anilines is 1. The number of esters is 1. The number of hydrogen-bond acceptors (Lipinski definition) is 8. The first-order valence-electron chi connectivity index (χ1n) is 14.8. The second-order valence-corrected chi connectivity index (χ2v) is 13.0. The van der Waals surface area contributed by atoms with Crippen LogP contribution in [0.4, 0.5) is 32.0 Å². The van der Waals surface area contributed by atoms with Gasteiger partial charge in [0.05, 0.1) is 30.5 Å². The van der Waals surface area contributed by atoms with Crippen LogP contribution in [0.15, 0.2) is 77.7 Å². The Bertz CT molecular complexity index is 1660. The summed E-state index contributed by atoms with van der Waals surface area (Å²) in [5, 5.41) is 2.65. The summed E-state index contributed by atoms with van der Waals surface area (Å²) >= 11 is 0. The summed E-state index contributed by atoms with van der Waals surface area (Å²) in [4.78, 5) is 26.5. The van der Waals surface area contributed by atoms with Crippen LogP contribution in [0.1, 0.15) is 42.1 Å². The highest BCUT2D eigenvalue weighted by Gasteiger charge is 2.38. The largest absolute Gasteiger partial charge is 0.522 e. The van der Waals surface area contributed by atoms with E-state index in [1.807, 2.05) is 0 Å². The predicted octanol–water partition coefficient (Wildman–Crippen LogP) is 6.18. The topological polar surface area (TPSA) is 111 Å². The number of carbonyl (C=O) groups excluding carboxylic acids is 2. The van der Waals surface area contributed by atoms with Crippen molar-refractivity contribution >= 4 is 27.4 Å². The normalized spacial score (nSPS) is 16.9. The molecular weight excluding hydrogens is 670 g/mol. The fraction of sp³-hybridized carbons (Fsp3) is 0.375. The molecule has 0 saturated carbocycles. The van der Waals surface area contributed by atoms with Crippen molar-refractivity contribution in [3.63, 3.8) is 0 Å². The van der Waals surface area contributed by atoms with E-state index < -0.39 is 58.6 Å². The van der Waals surface area contributed by atoms with E-state index in [4.69, 9.17) is 9.47 Å². The number of alkyl halides is 6. The second-order valence-electron chi connectivity index (χ2n) is 10.8. The van der Waals surface area contributed by atoms with Crippen LogP contribution in [0.3, 0.4) is 0 Å². The molecular formula is C32H32F6N2O7S. The van der Waals surface area contributed by atoms with Crippen LogP contribution in [0.25, 0.3) is 0 Å². The molecule has 1 fully saturated rings. The van der Waals surface area contributed by atoms with E-state index in [1.165, 1.54) is 49.4 Å². The van der Waals surface area contributed by atoms with Crippen LogP contribution >= 0.6 is 0 Å². The number of ether oxygens (including phenoxy) is 3. The molecule has 9 nitrogen and oxygen atoms in total. The maximum absolute atomic E-state index is 12.9. The van der Waals surface area contributed by atoms with Gasteiger partial charge in [-0.3, -0.25) is 14.3 Å². The minimum Gasteiger partial charge on any atom is -0.489 e. The van der Waals surface area contributed by atoms with Crippen LogP contribution in [0.2, 0.25) is 0 Å². The Balaban J connectivity index is 1.32. The van der Waals surface area contributed by atoms with Gasteiger partial charge in [0.15, 0.2) is 9.84 Å². The molecule has 48 heavy (non-hydrogen) atoms. The first-order valence-corrected chi connectivity index (χ1v) is 16.4. The van der Waals surface area contributed by atoms with Crippen molar-refractivity contribution in [3.05, 3.63) is 83.9 Å². The van der Waals surface area contributed by atoms with E-state index in [2.05, 4.69) is 10.1 Å². The molecule has 1 aliphatic rings. The molecule has 3 aromatic carbocycles. The smallest absolute Gasteiger partial charge is 0.489 e. The molecule has 16 heteroatoms. The Morgan fingerprint density at radius 1 is 0.938 bits per heavy atom. The molecule has 0 spiro atoms. The van der Waals surface area contributed by atoms with Gasteiger partial charge in [-0.15, -0.1) is 13.2 Å². The van der Waals surface area contributed by atoms with Crippen molar-refractivity contribution < 1.29 is 58.6 Å². The number of benzene rings is 3. The molecule has 3 aromatic rings. The molecule has 0 unspecified atom stereocenters. The van der Waals surface area contributed by atoms with Crippen molar-refractivity contribution in [2.45, 2.75) is 55.8 Å². The number of para-hydroxylation sites is 1. The van der Waals surface area contributed by atoms with Gasteiger partial charge in [0.25, 0.3) is 5.91 Å². The van der Waals surface area contributed by atoms with E-state index in [1.54, 1.807) is 11.0 Å². The average molecular weight is 703 g/mol. The Labute approximate surface area is 272 Å². The molecule has 0 aliphatic carbocycles. The van der Waals surface area contributed by atoms with Crippen molar-refractivity contribution in [1.29, 1.82) is 0 Å². The average Bonchev–Trinajstić information content (AvgIpc) is 3.44. The van der Waals surface area contributed by atoms with Gasteiger partial charge >= 0.3 is 18.5 Å². The Morgan fingerprint density at radius 2 is 1.60 bits per heavy atom. The summed E-state index contributed by atoms with van der Waals surface area (Å²) in [5.74, 6) is -1.27. The summed E-state index contributed by atoms with van der Waals surface area (Å²) < 4.78 is 117. The van der Waals surface area contributed by atoms with E-state index in [0.717, 1.165) is 24.3 Å². The van der Waals surface area contributed by atoms with E-state index in [0.29, 0.717) is 5.69 Å². The Kier molecular flexibility index (Phi) is 11.6. The molecule has 1 aliphatic heterocycles. The number of hydrogen-bond donors (Lipinski definition) is 1. The molecule has 1 saturated heterocycles. The Morgan fingerprint density at radius 3 is 2.23 bits per heavy atom. The summed E-state index contributed by atoms with van der Waals surface area (Å²) in [6, 6.07) is 15.0. The van der Waals surface area contributed by atoms with Crippen LogP contribution in [-0.4, -0.2) is 64.3 Å². The summed E-state index contributed by atoms with van der Waals surface area (Å²) in [7, 11) is -3.61. The maximum atomic E-state index is 12.9. The molecule has 260 valence electrons. The third-order valence-corrected chi connectivity index (χ3v) is 9.16. The van der Waals surface area contributed by atoms with Gasteiger partial charge in [-0.05, 0) is 67.1 Å². The fourth-order valence-electron chi connectivity index (χ4n) is 5.00. The van der Waals surface area contributed by atoms with Gasteiger partial charge in [-0.25, -0.2) is 8.42 Å². The van der Waals surface area contributed by atoms with E-state index in [-0.39, 0.29) is 60.1 Å². The predicted molar refractivity (Wildman–Crippen MR) is 161 cm³/mol. The van der Waals surface area contributed by atoms with E-state index >= 15 is 0 Å². The molecule has 1 N–H and O–H groups in total. The monoisotopic (exact) mass is 702 g/mol. The summed E-state index contributed by atoms with van der Waals surface area (Å²) in [6.45, 7) is 0.947. The third kappa shape index (κ3) is 10.1. The van der Waals surface area contributed by atoms with Crippen LogP contribution in [0, 0.1) is 0 Å². The van der Waals surface area contributed by atoms with Crippen molar-refractivity contribution in [1.82, 2.24) is 5.32 Å². The number of nitrogens with one attached hydrogen (secondary N) is 1. The highest BCUT2D eigenvalue weighted by molar-refractivity contribution is 7.91. The van der Waals surface area contributed by atoms with Gasteiger partial charge in [-0.2, -0.15) is 13.2 Å². The van der Waals surface area contributed by atoms with Gasteiger partial charge in [-0.1, -0.05) is 19.1 Å². The fourth-order valence-corrected chi connectivity index (χ4v) is 6.01. The molecule has 0 bridgehead atoms. The number of nitrogens with zero attached hydrogens (tertiary/aromatic N) is 1. The number of sulfone groups is 1. The van der Waals surface area contributed by atoms with E-state index in [9.17, 15) is 44.3 Å². The zero-order chi connectivity index (χ0) is 35.1. The maximum Gasteiger partial charge on any atom is 0.522 e. The summed E-state index contributed by atoms with van der Waals surface area (Å²) in [5.41, 5.74) is -0.164. The molecule has 0 aromatic heterocycles. The second kappa shape index (κ2) is 15.3. The zero-order valence-corrected chi connectivity index (χ0v) is 26.3. The highest BCUT2D eigenvalue weighted by Crippen LogP contribution is 2.33. The van der Waals surface area contributed by atoms with Gasteiger partial charge in [0, 0.05) is 30.6 Å². The van der Waals surface area contributed by atoms with Crippen molar-refractivity contribution in [2.24, 2.45) is 0 Å². The molecule has 2 atom stereocenters. The van der Waals surface area contributed by atoms with Crippen LogP contribution in [0.5, 0.6) is 11.5 Å². The molecule has 4 rings (SSSR count). The first kappa shape index (κ1) is 36.5. The van der Waals surface area contributed by atoms with Crippen molar-refractivity contribution in [2.75, 3.05) is 30.3 Å². The number of carbonyl (C=O) groups is 2. The lowest BCUT2D eigenvalue weighted by Crippen LogP contribution is -2.35. The molecule has 1 heterocycles. The van der Waals surface area contributed by atoms with Crippen molar-refractivity contribution in [3.8, 4) is 11.5 Å². The Hall–Kier alpha value is -4.31. The number of halogens is 6. The zero-order valence-electron chi connectivity index (χ0n) is 25.5. The number of rotatable bonds is 13. The first-order chi connectivity index (χ1) is 22.6. The quantitative estimate of drug-likeness (QED) is 0.0974. The lowest BCUT2D eigenvalue weighted by molar-refractivity contribution is -0.325.